The Hall–Kier alpha value is -0.650. The Labute approximate surface area is 213 Å². The number of methoxy groups -OCH3 is 1. The average Bonchev–Trinajstić information content (AvgIpc) is 3.18. The molecule has 0 spiro atoms. The molecule has 0 bridgehead atoms. The van der Waals surface area contributed by atoms with Crippen molar-refractivity contribution < 1.29 is 24.5 Å². The highest BCUT2D eigenvalue weighted by atomic mass is 16.5. The van der Waals surface area contributed by atoms with Gasteiger partial charge in [0.25, 0.3) is 0 Å². The molecule has 4 aliphatic rings. The number of rotatable bonds is 11. The van der Waals surface area contributed by atoms with Crippen LogP contribution in [0.1, 0.15) is 104 Å². The van der Waals surface area contributed by atoms with Crippen molar-refractivity contribution in [3.05, 3.63) is 0 Å². The summed E-state index contributed by atoms with van der Waals surface area (Å²) in [5.41, 5.74) is 0.252. The molecule has 0 aromatic rings. The lowest BCUT2D eigenvalue weighted by molar-refractivity contribution is -0.154. The molecule has 1 unspecified atom stereocenters. The first-order valence-corrected chi connectivity index (χ1v) is 14.6. The molecule has 4 rings (SSSR count). The van der Waals surface area contributed by atoms with Crippen LogP contribution < -0.4 is 0 Å². The Balaban J connectivity index is 1.36. The van der Waals surface area contributed by atoms with E-state index in [9.17, 15) is 15.0 Å². The number of hydrogen-bond acceptors (Lipinski definition) is 4. The van der Waals surface area contributed by atoms with E-state index in [1.165, 1.54) is 44.9 Å². The van der Waals surface area contributed by atoms with Crippen molar-refractivity contribution in [2.24, 2.45) is 46.3 Å². The van der Waals surface area contributed by atoms with Crippen LogP contribution in [0, 0.1) is 46.3 Å². The highest BCUT2D eigenvalue weighted by Crippen LogP contribution is 2.69. The van der Waals surface area contributed by atoms with Gasteiger partial charge < -0.3 is 19.7 Å². The fraction of sp³-hybridized carbons (Fsp3) is 0.967. The summed E-state index contributed by atoms with van der Waals surface area (Å²) in [5, 5.41) is 20.7. The van der Waals surface area contributed by atoms with Crippen LogP contribution in [0.4, 0.5) is 0 Å². The molecule has 4 aliphatic carbocycles. The van der Waals surface area contributed by atoms with Gasteiger partial charge in [0.05, 0.1) is 18.8 Å². The molecular weight excluding hydrogens is 440 g/mol. The van der Waals surface area contributed by atoms with Crippen LogP contribution in [0.2, 0.25) is 0 Å². The van der Waals surface area contributed by atoms with Crippen molar-refractivity contribution in [3.63, 3.8) is 0 Å². The summed E-state index contributed by atoms with van der Waals surface area (Å²) in [7, 11) is 1.70. The smallest absolute Gasteiger partial charge is 0.303 e. The minimum atomic E-state index is -0.651. The molecule has 5 heteroatoms. The molecule has 0 aromatic carbocycles. The highest BCUT2D eigenvalue weighted by Gasteiger charge is 2.61. The standard InChI is InChI=1S/C30H52O5/c1-21(6-11-27(31)32)24-9-10-25-23-8-7-22-20-30(33,13-5-17-35-19-18-34-4)16-15-28(22,2)26(23)12-14-29(24,25)3/h21-26,33H,5-20H2,1-4H3,(H,31,32)/t21-,22-,23?,24-,25+,26+,28+,29-,30+/m1/s1. The second kappa shape index (κ2) is 11.0. The Kier molecular flexibility index (Phi) is 8.60. The van der Waals surface area contributed by atoms with Crippen LogP contribution in [0.5, 0.6) is 0 Å². The number of carbonyl (C=O) groups is 1. The third kappa shape index (κ3) is 5.48. The minimum absolute atomic E-state index is 0.312. The molecular formula is C30H52O5. The Morgan fingerprint density at radius 1 is 0.971 bits per heavy atom. The van der Waals surface area contributed by atoms with Crippen molar-refractivity contribution in [2.45, 2.75) is 110 Å². The molecule has 4 saturated carbocycles. The van der Waals surface area contributed by atoms with Crippen LogP contribution in [0.3, 0.4) is 0 Å². The first-order valence-electron chi connectivity index (χ1n) is 14.6. The molecule has 202 valence electrons. The SMILES string of the molecule is COCCOCCC[C@]1(O)CC[C@@]2(C)[C@H](CCC3[C@@H]2CC[C@]2(C)[C@@H]([C@H](C)CCC(=O)O)CC[C@@H]32)C1. The van der Waals surface area contributed by atoms with E-state index in [1.807, 2.05) is 0 Å². The van der Waals surface area contributed by atoms with Crippen molar-refractivity contribution in [2.75, 3.05) is 26.9 Å². The number of hydrogen-bond donors (Lipinski definition) is 2. The quantitative estimate of drug-likeness (QED) is 0.330. The molecule has 0 saturated heterocycles. The van der Waals surface area contributed by atoms with Crippen LogP contribution >= 0.6 is 0 Å². The van der Waals surface area contributed by atoms with E-state index in [0.717, 1.165) is 49.9 Å². The van der Waals surface area contributed by atoms with Gasteiger partial charge in [0.1, 0.15) is 0 Å². The van der Waals surface area contributed by atoms with Crippen molar-refractivity contribution in [1.82, 2.24) is 0 Å². The van der Waals surface area contributed by atoms with Crippen LogP contribution in [0.15, 0.2) is 0 Å². The largest absolute Gasteiger partial charge is 0.481 e. The lowest BCUT2D eigenvalue weighted by atomic mass is 9.43. The molecule has 4 fully saturated rings. The summed E-state index contributed by atoms with van der Waals surface area (Å²) in [5.74, 6) is 3.62. The molecule has 0 amide bonds. The predicted molar refractivity (Wildman–Crippen MR) is 138 cm³/mol. The topological polar surface area (TPSA) is 76.0 Å². The number of aliphatic carboxylic acids is 1. The van der Waals surface area contributed by atoms with Crippen LogP contribution in [-0.4, -0.2) is 48.7 Å². The second-order valence-electron chi connectivity index (χ2n) is 13.4. The van der Waals surface area contributed by atoms with E-state index < -0.39 is 11.6 Å². The van der Waals surface area contributed by atoms with Crippen LogP contribution in [0.25, 0.3) is 0 Å². The van der Waals surface area contributed by atoms with Crippen molar-refractivity contribution >= 4 is 5.97 Å². The fourth-order valence-electron chi connectivity index (χ4n) is 9.82. The first-order chi connectivity index (χ1) is 16.6. The predicted octanol–water partition coefficient (Wildman–Crippen LogP) is 6.32. The molecule has 0 radical (unpaired) electrons. The average molecular weight is 493 g/mol. The van der Waals surface area contributed by atoms with Gasteiger partial charge in [-0.15, -0.1) is 0 Å². The summed E-state index contributed by atoms with van der Waals surface area (Å²) in [6, 6.07) is 0. The zero-order valence-electron chi connectivity index (χ0n) is 22.9. The third-order valence-corrected chi connectivity index (χ3v) is 11.8. The van der Waals surface area contributed by atoms with E-state index in [1.54, 1.807) is 7.11 Å². The molecule has 9 atom stereocenters. The number of aliphatic hydroxyl groups is 1. The summed E-state index contributed by atoms with van der Waals surface area (Å²) < 4.78 is 10.7. The maximum absolute atomic E-state index is 11.5. The summed E-state index contributed by atoms with van der Waals surface area (Å²) in [4.78, 5) is 11.2. The van der Waals surface area contributed by atoms with Gasteiger partial charge in [-0.3, -0.25) is 4.79 Å². The summed E-state index contributed by atoms with van der Waals surface area (Å²) >= 11 is 0. The van der Waals surface area contributed by atoms with Gasteiger partial charge in [-0.2, -0.15) is 0 Å². The fourth-order valence-corrected chi connectivity index (χ4v) is 9.82. The minimum Gasteiger partial charge on any atom is -0.481 e. The second-order valence-corrected chi connectivity index (χ2v) is 13.4. The molecule has 0 aliphatic heterocycles. The monoisotopic (exact) mass is 492 g/mol. The van der Waals surface area contributed by atoms with E-state index in [-0.39, 0.29) is 0 Å². The molecule has 0 heterocycles. The molecule has 2 N–H and O–H groups in total. The van der Waals surface area contributed by atoms with Gasteiger partial charge in [0.15, 0.2) is 0 Å². The number of ether oxygens (including phenoxy) is 2. The first kappa shape index (κ1) is 27.4. The summed E-state index contributed by atoms with van der Waals surface area (Å²) in [6.07, 6.45) is 13.9. The molecule has 35 heavy (non-hydrogen) atoms. The van der Waals surface area contributed by atoms with Gasteiger partial charge >= 0.3 is 5.97 Å². The van der Waals surface area contributed by atoms with E-state index in [4.69, 9.17) is 9.47 Å². The Bertz CT molecular complexity index is 726. The Morgan fingerprint density at radius 3 is 2.49 bits per heavy atom. The maximum Gasteiger partial charge on any atom is 0.303 e. The zero-order chi connectivity index (χ0) is 25.3. The summed E-state index contributed by atoms with van der Waals surface area (Å²) in [6.45, 7) is 9.44. The van der Waals surface area contributed by atoms with Gasteiger partial charge in [-0.05, 0) is 123 Å². The lowest BCUT2D eigenvalue weighted by Gasteiger charge is -2.62. The van der Waals surface area contributed by atoms with Gasteiger partial charge in [-0.1, -0.05) is 20.8 Å². The van der Waals surface area contributed by atoms with Gasteiger partial charge in [0.2, 0.25) is 0 Å². The van der Waals surface area contributed by atoms with Gasteiger partial charge in [0, 0.05) is 20.1 Å². The molecule has 0 aromatic heterocycles. The number of fused-ring (bicyclic) bond motifs is 5. The Morgan fingerprint density at radius 2 is 1.74 bits per heavy atom. The van der Waals surface area contributed by atoms with Crippen molar-refractivity contribution in [1.29, 1.82) is 0 Å². The zero-order valence-corrected chi connectivity index (χ0v) is 22.9. The van der Waals surface area contributed by atoms with E-state index >= 15 is 0 Å². The normalized spacial score (nSPS) is 43.7. The molecule has 5 nitrogen and oxygen atoms in total. The number of carboxylic acid groups (broad SMARTS) is 1. The maximum atomic E-state index is 11.5. The van der Waals surface area contributed by atoms with Crippen LogP contribution in [-0.2, 0) is 14.3 Å². The van der Waals surface area contributed by atoms with Gasteiger partial charge in [-0.25, -0.2) is 0 Å². The highest BCUT2D eigenvalue weighted by molar-refractivity contribution is 5.66. The van der Waals surface area contributed by atoms with Crippen molar-refractivity contribution in [3.8, 4) is 0 Å². The third-order valence-electron chi connectivity index (χ3n) is 11.8. The van der Waals surface area contributed by atoms with E-state index in [0.29, 0.717) is 54.8 Å². The number of carboxylic acids is 1. The van der Waals surface area contributed by atoms with E-state index in [2.05, 4.69) is 20.8 Å². The lowest BCUT2D eigenvalue weighted by Crippen LogP contribution is -2.56.